The molecule has 2 rings (SSSR count). The Bertz CT molecular complexity index is 827. The van der Waals surface area contributed by atoms with Gasteiger partial charge in [-0.2, -0.15) is 0 Å². The third kappa shape index (κ3) is 6.05. The highest BCUT2D eigenvalue weighted by atomic mass is 35.5. The highest BCUT2D eigenvalue weighted by molar-refractivity contribution is 6.42. The van der Waals surface area contributed by atoms with E-state index in [-0.39, 0.29) is 17.5 Å². The fraction of sp³-hybridized carbons (Fsp3) is 0.263. The zero-order valence-electron chi connectivity index (χ0n) is 15.0. The van der Waals surface area contributed by atoms with Crippen molar-refractivity contribution in [2.75, 3.05) is 27.3 Å². The zero-order valence-corrected chi connectivity index (χ0v) is 16.5. The molecule has 144 valence electrons. The quantitative estimate of drug-likeness (QED) is 0.700. The van der Waals surface area contributed by atoms with Gasteiger partial charge in [-0.3, -0.25) is 9.59 Å². The molecule has 0 heterocycles. The first-order chi connectivity index (χ1) is 12.9. The first-order valence-electron chi connectivity index (χ1n) is 8.15. The Hall–Kier alpha value is -2.44. The average molecular weight is 411 g/mol. The number of halogens is 2. The molecule has 2 aromatic rings. The van der Waals surface area contributed by atoms with E-state index in [4.69, 9.17) is 32.7 Å². The summed E-state index contributed by atoms with van der Waals surface area (Å²) in [6.07, 6.45) is 0.618. The van der Waals surface area contributed by atoms with Gasteiger partial charge < -0.3 is 20.1 Å². The van der Waals surface area contributed by atoms with Crippen molar-refractivity contribution < 1.29 is 19.1 Å². The van der Waals surface area contributed by atoms with Crippen molar-refractivity contribution >= 4 is 35.0 Å². The van der Waals surface area contributed by atoms with Crippen molar-refractivity contribution in [3.63, 3.8) is 0 Å². The minimum atomic E-state index is -0.399. The molecule has 2 N–H and O–H groups in total. The summed E-state index contributed by atoms with van der Waals surface area (Å²) in [6, 6.07) is 10.1. The zero-order chi connectivity index (χ0) is 19.8. The summed E-state index contributed by atoms with van der Waals surface area (Å²) in [5.41, 5.74) is 1.33. The molecule has 0 atom stereocenters. The normalized spacial score (nSPS) is 10.2. The van der Waals surface area contributed by atoms with Crippen molar-refractivity contribution in [2.24, 2.45) is 0 Å². The number of carbonyl (C=O) groups excluding carboxylic acids is 2. The largest absolute Gasteiger partial charge is 0.493 e. The Morgan fingerprint density at radius 2 is 1.67 bits per heavy atom. The molecule has 0 saturated heterocycles. The molecule has 0 spiro atoms. The molecule has 0 bridgehead atoms. The van der Waals surface area contributed by atoms with Crippen molar-refractivity contribution in [1.29, 1.82) is 0 Å². The highest BCUT2D eigenvalue weighted by Gasteiger charge is 2.10. The molecule has 0 aromatic heterocycles. The first-order valence-corrected chi connectivity index (χ1v) is 8.91. The van der Waals surface area contributed by atoms with Crippen LogP contribution in [0.1, 0.15) is 15.9 Å². The maximum Gasteiger partial charge on any atom is 0.251 e. The van der Waals surface area contributed by atoms with E-state index in [9.17, 15) is 9.59 Å². The minimum absolute atomic E-state index is 0.134. The van der Waals surface area contributed by atoms with E-state index in [1.807, 2.05) is 18.2 Å². The fourth-order valence-electron chi connectivity index (χ4n) is 2.34. The summed E-state index contributed by atoms with van der Waals surface area (Å²) in [5, 5.41) is 5.93. The van der Waals surface area contributed by atoms with E-state index < -0.39 is 5.91 Å². The first kappa shape index (κ1) is 20.9. The molecule has 0 saturated carbocycles. The minimum Gasteiger partial charge on any atom is -0.493 e. The number of ether oxygens (including phenoxy) is 2. The Kier molecular flexibility index (Phi) is 7.76. The molecule has 0 aliphatic heterocycles. The number of benzene rings is 2. The van der Waals surface area contributed by atoms with Crippen molar-refractivity contribution in [3.8, 4) is 11.5 Å². The van der Waals surface area contributed by atoms with E-state index in [1.54, 1.807) is 20.3 Å². The molecule has 2 aromatic carbocycles. The highest BCUT2D eigenvalue weighted by Crippen LogP contribution is 2.27. The second-order valence-electron chi connectivity index (χ2n) is 5.60. The number of amides is 2. The van der Waals surface area contributed by atoms with Crippen molar-refractivity contribution in [1.82, 2.24) is 10.6 Å². The molecule has 0 fully saturated rings. The van der Waals surface area contributed by atoms with Gasteiger partial charge in [0.25, 0.3) is 5.91 Å². The van der Waals surface area contributed by atoms with Gasteiger partial charge in [-0.1, -0.05) is 29.3 Å². The summed E-state index contributed by atoms with van der Waals surface area (Å²) in [6.45, 7) is 0.294. The van der Waals surface area contributed by atoms with Crippen molar-refractivity contribution in [2.45, 2.75) is 6.42 Å². The number of hydrogen-bond acceptors (Lipinski definition) is 4. The number of rotatable bonds is 8. The molecule has 8 heteroatoms. The van der Waals surface area contributed by atoms with Crippen LogP contribution >= 0.6 is 23.2 Å². The smallest absolute Gasteiger partial charge is 0.251 e. The molecule has 0 radical (unpaired) electrons. The standard InChI is InChI=1S/C19H20Cl2N2O4/c1-26-16-6-3-12(9-17(16)27-2)7-8-22-18(24)11-23-19(25)13-4-5-14(20)15(21)10-13/h3-6,9-10H,7-8,11H2,1-2H3,(H,22,24)(H,23,25). The molecule has 2 amide bonds. The lowest BCUT2D eigenvalue weighted by Gasteiger charge is -2.10. The van der Waals surface area contributed by atoms with Gasteiger partial charge >= 0.3 is 0 Å². The third-order valence-electron chi connectivity index (χ3n) is 3.78. The van der Waals surface area contributed by atoms with Crippen molar-refractivity contribution in [3.05, 3.63) is 57.6 Å². The van der Waals surface area contributed by atoms with Crippen LogP contribution in [0.15, 0.2) is 36.4 Å². The van der Waals surface area contributed by atoms with E-state index >= 15 is 0 Å². The molecular formula is C19H20Cl2N2O4. The summed E-state index contributed by atoms with van der Waals surface area (Å²) in [7, 11) is 3.14. The van der Waals surface area contributed by atoms with Crippen LogP contribution in [0, 0.1) is 0 Å². The van der Waals surface area contributed by atoms with Crippen LogP contribution in [-0.4, -0.2) is 39.1 Å². The van der Waals surface area contributed by atoms with Crippen LogP contribution in [0.2, 0.25) is 10.0 Å². The predicted molar refractivity (Wildman–Crippen MR) is 105 cm³/mol. The Balaban J connectivity index is 1.77. The topological polar surface area (TPSA) is 76.7 Å². The monoisotopic (exact) mass is 410 g/mol. The molecular weight excluding hydrogens is 391 g/mol. The van der Waals surface area contributed by atoms with Crippen LogP contribution in [0.5, 0.6) is 11.5 Å². The van der Waals surface area contributed by atoms with Crippen LogP contribution < -0.4 is 20.1 Å². The Morgan fingerprint density at radius 1 is 0.926 bits per heavy atom. The SMILES string of the molecule is COc1ccc(CCNC(=O)CNC(=O)c2ccc(Cl)c(Cl)c2)cc1OC. The maximum atomic E-state index is 12.0. The molecule has 27 heavy (non-hydrogen) atoms. The van der Waals surface area contributed by atoms with Crippen LogP contribution in [0.3, 0.4) is 0 Å². The van der Waals surface area contributed by atoms with Gasteiger partial charge in [0.05, 0.1) is 30.8 Å². The lowest BCUT2D eigenvalue weighted by atomic mass is 10.1. The van der Waals surface area contributed by atoms with Gasteiger partial charge in [-0.15, -0.1) is 0 Å². The second-order valence-corrected chi connectivity index (χ2v) is 6.42. The Morgan fingerprint density at radius 3 is 2.33 bits per heavy atom. The lowest BCUT2D eigenvalue weighted by Crippen LogP contribution is -2.37. The summed E-state index contributed by atoms with van der Waals surface area (Å²) in [4.78, 5) is 23.9. The second kappa shape index (κ2) is 10.0. The number of methoxy groups -OCH3 is 2. The van der Waals surface area contributed by atoms with E-state index in [0.717, 1.165) is 5.56 Å². The summed E-state index contributed by atoms with van der Waals surface area (Å²) < 4.78 is 10.4. The van der Waals surface area contributed by atoms with Crippen LogP contribution in [0.4, 0.5) is 0 Å². The molecule has 0 unspecified atom stereocenters. The van der Waals surface area contributed by atoms with E-state index in [0.29, 0.717) is 35.1 Å². The molecule has 0 aliphatic carbocycles. The summed E-state index contributed by atoms with van der Waals surface area (Å²) in [5.74, 6) is 0.595. The van der Waals surface area contributed by atoms with Gasteiger partial charge in [-0.25, -0.2) is 0 Å². The molecule has 0 aliphatic rings. The third-order valence-corrected chi connectivity index (χ3v) is 4.51. The van der Waals surface area contributed by atoms with Gasteiger partial charge in [0.15, 0.2) is 11.5 Å². The van der Waals surface area contributed by atoms with E-state index in [1.165, 1.54) is 12.1 Å². The Labute approximate surface area is 167 Å². The van der Waals surface area contributed by atoms with Gasteiger partial charge in [-0.05, 0) is 42.3 Å². The van der Waals surface area contributed by atoms with Gasteiger partial charge in [0.1, 0.15) is 0 Å². The number of carbonyl (C=O) groups is 2. The number of hydrogen-bond donors (Lipinski definition) is 2. The summed E-state index contributed by atoms with van der Waals surface area (Å²) >= 11 is 11.7. The molecule has 6 nitrogen and oxygen atoms in total. The predicted octanol–water partition coefficient (Wildman–Crippen LogP) is 3.10. The maximum absolute atomic E-state index is 12.0. The fourth-order valence-corrected chi connectivity index (χ4v) is 2.64. The van der Waals surface area contributed by atoms with Crippen LogP contribution in [0.25, 0.3) is 0 Å². The van der Waals surface area contributed by atoms with E-state index in [2.05, 4.69) is 10.6 Å². The average Bonchev–Trinajstić information content (AvgIpc) is 2.68. The van der Waals surface area contributed by atoms with Gasteiger partial charge in [0.2, 0.25) is 5.91 Å². The lowest BCUT2D eigenvalue weighted by molar-refractivity contribution is -0.120. The van der Waals surface area contributed by atoms with Gasteiger partial charge in [0, 0.05) is 12.1 Å². The van der Waals surface area contributed by atoms with Crippen LogP contribution in [-0.2, 0) is 11.2 Å². The number of nitrogens with one attached hydrogen (secondary N) is 2.